The van der Waals surface area contributed by atoms with Crippen molar-refractivity contribution < 1.29 is 9.53 Å². The van der Waals surface area contributed by atoms with Crippen LogP contribution in [0.15, 0.2) is 24.3 Å². The SMILES string of the molecule is CCC(Nc1ccccc1CN(C)C(=O)OC(C)(C)C)C(C)C. The summed E-state index contributed by atoms with van der Waals surface area (Å²) in [6.07, 6.45) is 0.761. The van der Waals surface area contributed by atoms with E-state index in [0.29, 0.717) is 18.5 Å². The maximum absolute atomic E-state index is 12.1. The van der Waals surface area contributed by atoms with Gasteiger partial charge in [-0.15, -0.1) is 0 Å². The number of hydrogen-bond acceptors (Lipinski definition) is 3. The molecule has 0 saturated carbocycles. The molecule has 0 aliphatic carbocycles. The second-order valence-electron chi connectivity index (χ2n) is 7.40. The third kappa shape index (κ3) is 6.51. The quantitative estimate of drug-likeness (QED) is 0.810. The van der Waals surface area contributed by atoms with Gasteiger partial charge in [0.05, 0.1) is 6.54 Å². The Morgan fingerprint density at radius 2 is 1.87 bits per heavy atom. The largest absolute Gasteiger partial charge is 0.444 e. The number of para-hydroxylation sites is 1. The van der Waals surface area contributed by atoms with Crippen LogP contribution in [-0.4, -0.2) is 29.7 Å². The van der Waals surface area contributed by atoms with Gasteiger partial charge in [-0.25, -0.2) is 4.79 Å². The van der Waals surface area contributed by atoms with E-state index in [1.54, 1.807) is 11.9 Å². The fourth-order valence-electron chi connectivity index (χ4n) is 2.40. The van der Waals surface area contributed by atoms with Crippen molar-refractivity contribution in [3.8, 4) is 0 Å². The van der Waals surface area contributed by atoms with Crippen LogP contribution in [-0.2, 0) is 11.3 Å². The lowest BCUT2D eigenvalue weighted by Gasteiger charge is -2.27. The lowest BCUT2D eigenvalue weighted by Crippen LogP contribution is -2.34. The molecule has 1 rings (SSSR count). The molecule has 0 aromatic heterocycles. The molecule has 0 heterocycles. The van der Waals surface area contributed by atoms with E-state index in [9.17, 15) is 4.79 Å². The maximum atomic E-state index is 12.1. The van der Waals surface area contributed by atoms with Gasteiger partial charge in [0.2, 0.25) is 0 Å². The summed E-state index contributed by atoms with van der Waals surface area (Å²) in [6, 6.07) is 8.56. The van der Waals surface area contributed by atoms with Gasteiger partial charge in [0.15, 0.2) is 0 Å². The van der Waals surface area contributed by atoms with Crippen molar-refractivity contribution in [2.45, 2.75) is 66.2 Å². The van der Waals surface area contributed by atoms with Crippen LogP contribution >= 0.6 is 0 Å². The molecule has 0 bridgehead atoms. The molecule has 1 aromatic carbocycles. The van der Waals surface area contributed by atoms with Crippen molar-refractivity contribution >= 4 is 11.8 Å². The smallest absolute Gasteiger partial charge is 0.410 e. The number of amides is 1. The molecule has 23 heavy (non-hydrogen) atoms. The van der Waals surface area contributed by atoms with Gasteiger partial charge in [0, 0.05) is 18.8 Å². The fraction of sp³-hybridized carbons (Fsp3) is 0.632. The highest BCUT2D eigenvalue weighted by molar-refractivity contribution is 5.68. The Balaban J connectivity index is 2.83. The molecule has 0 fully saturated rings. The summed E-state index contributed by atoms with van der Waals surface area (Å²) in [5, 5.41) is 3.61. The Morgan fingerprint density at radius 3 is 2.39 bits per heavy atom. The van der Waals surface area contributed by atoms with E-state index in [1.807, 2.05) is 32.9 Å². The molecule has 1 N–H and O–H groups in total. The molecule has 0 spiro atoms. The Labute approximate surface area is 141 Å². The summed E-state index contributed by atoms with van der Waals surface area (Å²) in [5.74, 6) is 0.552. The van der Waals surface area contributed by atoms with Crippen molar-refractivity contribution in [1.82, 2.24) is 4.90 Å². The lowest BCUT2D eigenvalue weighted by atomic mass is 10.0. The Bertz CT molecular complexity index is 506. The summed E-state index contributed by atoms with van der Waals surface area (Å²) in [4.78, 5) is 13.8. The average Bonchev–Trinajstić information content (AvgIpc) is 2.44. The molecule has 0 aliphatic rings. The van der Waals surface area contributed by atoms with Crippen LogP contribution in [0.25, 0.3) is 0 Å². The number of rotatable bonds is 6. The molecule has 0 saturated heterocycles. The average molecular weight is 320 g/mol. The number of carbonyl (C=O) groups excluding carboxylic acids is 1. The van der Waals surface area contributed by atoms with Gasteiger partial charge >= 0.3 is 6.09 Å². The Kier molecular flexibility index (Phi) is 6.92. The predicted molar refractivity (Wildman–Crippen MR) is 96.7 cm³/mol. The van der Waals surface area contributed by atoms with Gasteiger partial charge in [0.1, 0.15) is 5.60 Å². The normalized spacial score (nSPS) is 12.9. The molecule has 4 nitrogen and oxygen atoms in total. The lowest BCUT2D eigenvalue weighted by molar-refractivity contribution is 0.0285. The van der Waals surface area contributed by atoms with Crippen LogP contribution in [0.5, 0.6) is 0 Å². The second kappa shape index (κ2) is 8.23. The second-order valence-corrected chi connectivity index (χ2v) is 7.40. The zero-order chi connectivity index (χ0) is 17.6. The molecular formula is C19H32N2O2. The Hall–Kier alpha value is -1.71. The van der Waals surface area contributed by atoms with E-state index in [1.165, 1.54) is 0 Å². The van der Waals surface area contributed by atoms with Crippen LogP contribution in [0.3, 0.4) is 0 Å². The third-order valence-corrected chi connectivity index (χ3v) is 3.72. The molecule has 0 radical (unpaired) electrons. The number of carbonyl (C=O) groups is 1. The van der Waals surface area contributed by atoms with Gasteiger partial charge in [-0.05, 0) is 44.7 Å². The molecule has 4 heteroatoms. The summed E-state index contributed by atoms with van der Waals surface area (Å²) in [7, 11) is 1.77. The monoisotopic (exact) mass is 320 g/mol. The minimum atomic E-state index is -0.478. The molecule has 1 amide bonds. The van der Waals surface area contributed by atoms with Gasteiger partial charge in [-0.1, -0.05) is 39.0 Å². The van der Waals surface area contributed by atoms with E-state index in [0.717, 1.165) is 17.7 Å². The number of nitrogens with one attached hydrogen (secondary N) is 1. The van der Waals surface area contributed by atoms with Crippen molar-refractivity contribution in [3.05, 3.63) is 29.8 Å². The van der Waals surface area contributed by atoms with E-state index < -0.39 is 5.60 Å². The molecule has 130 valence electrons. The Morgan fingerprint density at radius 1 is 1.26 bits per heavy atom. The topological polar surface area (TPSA) is 41.6 Å². The number of ether oxygens (including phenoxy) is 1. The molecule has 1 aromatic rings. The van der Waals surface area contributed by atoms with Gasteiger partial charge in [-0.3, -0.25) is 0 Å². The number of nitrogens with zero attached hydrogens (tertiary/aromatic N) is 1. The van der Waals surface area contributed by atoms with Gasteiger partial charge in [-0.2, -0.15) is 0 Å². The van der Waals surface area contributed by atoms with E-state index in [4.69, 9.17) is 4.74 Å². The van der Waals surface area contributed by atoms with Crippen molar-refractivity contribution in [3.63, 3.8) is 0 Å². The highest BCUT2D eigenvalue weighted by Crippen LogP contribution is 2.21. The minimum absolute atomic E-state index is 0.303. The van der Waals surface area contributed by atoms with Gasteiger partial charge < -0.3 is 15.0 Å². The van der Waals surface area contributed by atoms with Crippen molar-refractivity contribution in [2.75, 3.05) is 12.4 Å². The molecule has 1 atom stereocenters. The first-order valence-electron chi connectivity index (χ1n) is 8.42. The molecule has 0 aliphatic heterocycles. The number of benzene rings is 1. The first-order valence-corrected chi connectivity index (χ1v) is 8.42. The molecular weight excluding hydrogens is 288 g/mol. The van der Waals surface area contributed by atoms with Crippen LogP contribution < -0.4 is 5.32 Å². The summed E-state index contributed by atoms with van der Waals surface area (Å²) in [6.45, 7) is 12.8. The first kappa shape index (κ1) is 19.3. The van der Waals surface area contributed by atoms with E-state index in [-0.39, 0.29) is 6.09 Å². The highest BCUT2D eigenvalue weighted by atomic mass is 16.6. The minimum Gasteiger partial charge on any atom is -0.444 e. The first-order chi connectivity index (χ1) is 10.6. The highest BCUT2D eigenvalue weighted by Gasteiger charge is 2.20. The number of anilines is 1. The van der Waals surface area contributed by atoms with Crippen LogP contribution in [0.1, 0.15) is 53.5 Å². The standard InChI is InChI=1S/C19H32N2O2/c1-8-16(14(2)3)20-17-12-10-9-11-15(17)13-21(7)18(22)23-19(4,5)6/h9-12,14,16,20H,8,13H2,1-7H3. The molecule has 1 unspecified atom stereocenters. The fourth-order valence-corrected chi connectivity index (χ4v) is 2.40. The van der Waals surface area contributed by atoms with Crippen molar-refractivity contribution in [2.24, 2.45) is 5.92 Å². The predicted octanol–water partition coefficient (Wildman–Crippen LogP) is 4.90. The zero-order valence-electron chi connectivity index (χ0n) is 15.6. The summed E-state index contributed by atoms with van der Waals surface area (Å²) >= 11 is 0. The van der Waals surface area contributed by atoms with Crippen LogP contribution in [0.4, 0.5) is 10.5 Å². The van der Waals surface area contributed by atoms with E-state index >= 15 is 0 Å². The van der Waals surface area contributed by atoms with Crippen LogP contribution in [0.2, 0.25) is 0 Å². The van der Waals surface area contributed by atoms with Gasteiger partial charge in [0.25, 0.3) is 0 Å². The third-order valence-electron chi connectivity index (χ3n) is 3.72. The summed E-state index contributed by atoms with van der Waals surface area (Å²) < 4.78 is 5.42. The van der Waals surface area contributed by atoms with Crippen LogP contribution in [0, 0.1) is 5.92 Å². The van der Waals surface area contributed by atoms with E-state index in [2.05, 4.69) is 38.2 Å². The maximum Gasteiger partial charge on any atom is 0.410 e. The van der Waals surface area contributed by atoms with Crippen molar-refractivity contribution in [1.29, 1.82) is 0 Å². The number of hydrogen-bond donors (Lipinski definition) is 1. The summed E-state index contributed by atoms with van der Waals surface area (Å²) in [5.41, 5.74) is 1.71. The zero-order valence-corrected chi connectivity index (χ0v) is 15.6.